The summed E-state index contributed by atoms with van der Waals surface area (Å²) in [5, 5.41) is 11.9. The molecule has 2 saturated heterocycles. The Bertz CT molecular complexity index is 894. The second-order valence-corrected chi connectivity index (χ2v) is 7.13. The third kappa shape index (κ3) is 3.78. The zero-order valence-corrected chi connectivity index (χ0v) is 15.0. The molecule has 6 nitrogen and oxygen atoms in total. The molecule has 0 saturated carbocycles. The summed E-state index contributed by atoms with van der Waals surface area (Å²) in [5.74, 6) is 0. The molecule has 1 aromatic heterocycles. The molecule has 5 rings (SSSR count). The number of nitrogens with zero attached hydrogens (tertiary/aromatic N) is 3. The molecule has 27 heavy (non-hydrogen) atoms. The quantitative estimate of drug-likeness (QED) is 0.681. The second kappa shape index (κ2) is 7.23. The Kier molecular flexibility index (Phi) is 4.45. The highest BCUT2D eigenvalue weighted by Crippen LogP contribution is 2.29. The van der Waals surface area contributed by atoms with Crippen LogP contribution in [-0.2, 0) is 22.5 Å². The van der Waals surface area contributed by atoms with Crippen LogP contribution in [-0.4, -0.2) is 46.4 Å². The van der Waals surface area contributed by atoms with Gasteiger partial charge in [-0.05, 0) is 23.3 Å². The number of hydrogen-bond donors (Lipinski definition) is 1. The van der Waals surface area contributed by atoms with Crippen LogP contribution in [0.15, 0.2) is 60.8 Å². The summed E-state index contributed by atoms with van der Waals surface area (Å²) in [6, 6.07) is 18.6. The summed E-state index contributed by atoms with van der Waals surface area (Å²) in [6.45, 7) is 2.40. The number of nitrogens with one attached hydrogen (secondary N) is 1. The lowest BCUT2D eigenvalue weighted by Crippen LogP contribution is -2.41. The van der Waals surface area contributed by atoms with Gasteiger partial charge in [0.15, 0.2) is 0 Å². The Hall–Kier alpha value is -2.54. The molecule has 138 valence electrons. The van der Waals surface area contributed by atoms with Gasteiger partial charge in [0.25, 0.3) is 0 Å². The summed E-state index contributed by atoms with van der Waals surface area (Å²) in [4.78, 5) is 0. The fourth-order valence-corrected chi connectivity index (χ4v) is 3.54. The molecule has 0 bridgehead atoms. The van der Waals surface area contributed by atoms with Crippen molar-refractivity contribution in [3.8, 4) is 5.69 Å². The first-order valence-corrected chi connectivity index (χ1v) is 9.37. The van der Waals surface area contributed by atoms with Gasteiger partial charge < -0.3 is 14.8 Å². The summed E-state index contributed by atoms with van der Waals surface area (Å²) >= 11 is 0. The molecule has 0 radical (unpaired) electrons. The molecule has 1 N–H and O–H groups in total. The third-order valence-corrected chi connectivity index (χ3v) is 5.11. The van der Waals surface area contributed by atoms with Crippen molar-refractivity contribution in [2.45, 2.75) is 31.3 Å². The van der Waals surface area contributed by atoms with E-state index in [0.29, 0.717) is 12.7 Å². The van der Waals surface area contributed by atoms with Gasteiger partial charge in [-0.1, -0.05) is 47.7 Å². The van der Waals surface area contributed by atoms with Gasteiger partial charge in [-0.15, -0.1) is 5.10 Å². The Labute approximate surface area is 158 Å². The van der Waals surface area contributed by atoms with Gasteiger partial charge in [0.1, 0.15) is 6.10 Å². The van der Waals surface area contributed by atoms with Crippen LogP contribution < -0.4 is 5.32 Å². The van der Waals surface area contributed by atoms with E-state index in [0.717, 1.165) is 36.5 Å². The van der Waals surface area contributed by atoms with Gasteiger partial charge in [-0.3, -0.25) is 0 Å². The van der Waals surface area contributed by atoms with Crippen LogP contribution in [0.1, 0.15) is 16.8 Å². The van der Waals surface area contributed by atoms with E-state index in [1.807, 2.05) is 29.1 Å². The monoisotopic (exact) mass is 362 g/mol. The van der Waals surface area contributed by atoms with Crippen molar-refractivity contribution in [2.24, 2.45) is 0 Å². The van der Waals surface area contributed by atoms with Crippen LogP contribution in [0.2, 0.25) is 0 Å². The summed E-state index contributed by atoms with van der Waals surface area (Å²) in [7, 11) is 0. The van der Waals surface area contributed by atoms with E-state index in [1.54, 1.807) is 0 Å². The predicted octanol–water partition coefficient (Wildman–Crippen LogP) is 2.11. The molecule has 3 aromatic rings. The molecule has 2 fully saturated rings. The lowest BCUT2D eigenvalue weighted by atomic mass is 10.1. The Morgan fingerprint density at radius 1 is 1.04 bits per heavy atom. The standard InChI is InChI=1S/C21H22N4O2/c1-2-4-15(5-3-1)10-17-13-25(24-23-17)18-8-6-16(7-9-18)14-26-19-11-22-12-20-21(19)27-20/h1-9,13,19-22H,10-12,14H2/t19-,20-,21-/m0/s1. The Morgan fingerprint density at radius 2 is 1.89 bits per heavy atom. The maximum atomic E-state index is 6.02. The number of rotatable bonds is 6. The van der Waals surface area contributed by atoms with Crippen LogP contribution >= 0.6 is 0 Å². The van der Waals surface area contributed by atoms with Crippen LogP contribution in [0.4, 0.5) is 0 Å². The molecule has 0 amide bonds. The van der Waals surface area contributed by atoms with Gasteiger partial charge in [0.2, 0.25) is 0 Å². The fraction of sp³-hybridized carbons (Fsp3) is 0.333. The lowest BCUT2D eigenvalue weighted by molar-refractivity contribution is 0.0211. The van der Waals surface area contributed by atoms with E-state index in [9.17, 15) is 0 Å². The van der Waals surface area contributed by atoms with Gasteiger partial charge in [-0.25, -0.2) is 4.68 Å². The molecular formula is C21H22N4O2. The average molecular weight is 362 g/mol. The Morgan fingerprint density at radius 3 is 2.74 bits per heavy atom. The van der Waals surface area contributed by atoms with E-state index in [4.69, 9.17) is 9.47 Å². The minimum atomic E-state index is 0.152. The van der Waals surface area contributed by atoms with Crippen LogP contribution in [0.25, 0.3) is 5.69 Å². The first-order valence-electron chi connectivity index (χ1n) is 9.37. The van der Waals surface area contributed by atoms with Crippen molar-refractivity contribution in [2.75, 3.05) is 13.1 Å². The van der Waals surface area contributed by atoms with Gasteiger partial charge in [-0.2, -0.15) is 0 Å². The molecule has 0 spiro atoms. The van der Waals surface area contributed by atoms with E-state index in [2.05, 4.69) is 52.0 Å². The van der Waals surface area contributed by atoms with Gasteiger partial charge in [0, 0.05) is 19.5 Å². The van der Waals surface area contributed by atoms with Gasteiger partial charge in [0.05, 0.1) is 36.4 Å². The van der Waals surface area contributed by atoms with Crippen molar-refractivity contribution in [1.29, 1.82) is 0 Å². The van der Waals surface area contributed by atoms with Crippen molar-refractivity contribution >= 4 is 0 Å². The maximum absolute atomic E-state index is 6.02. The smallest absolute Gasteiger partial charge is 0.113 e. The van der Waals surface area contributed by atoms with E-state index in [-0.39, 0.29) is 12.2 Å². The number of hydrogen-bond acceptors (Lipinski definition) is 5. The third-order valence-electron chi connectivity index (χ3n) is 5.11. The van der Waals surface area contributed by atoms with Crippen LogP contribution in [0, 0.1) is 0 Å². The first kappa shape index (κ1) is 16.6. The fourth-order valence-electron chi connectivity index (χ4n) is 3.54. The molecule has 2 aliphatic rings. The van der Waals surface area contributed by atoms with E-state index < -0.39 is 0 Å². The largest absolute Gasteiger partial charge is 0.369 e. The molecular weight excluding hydrogens is 340 g/mol. The maximum Gasteiger partial charge on any atom is 0.113 e. The second-order valence-electron chi connectivity index (χ2n) is 7.13. The molecule has 3 atom stereocenters. The van der Waals surface area contributed by atoms with Crippen molar-refractivity contribution in [1.82, 2.24) is 20.3 Å². The summed E-state index contributed by atoms with van der Waals surface area (Å²) < 4.78 is 13.4. The highest BCUT2D eigenvalue weighted by molar-refractivity contribution is 5.34. The molecule has 0 aliphatic carbocycles. The molecule has 3 heterocycles. The molecule has 2 aromatic carbocycles. The topological polar surface area (TPSA) is 64.5 Å². The zero-order valence-electron chi connectivity index (χ0n) is 15.0. The molecule has 0 unspecified atom stereocenters. The SMILES string of the molecule is c1ccc(Cc2cn(-c3ccc(CO[C@H]4CNC[C@@H]5O[C@@H]45)cc3)nn2)cc1. The first-order chi connectivity index (χ1) is 13.3. The molecule has 2 aliphatic heterocycles. The number of piperidine rings is 1. The predicted molar refractivity (Wildman–Crippen MR) is 101 cm³/mol. The zero-order chi connectivity index (χ0) is 18.1. The summed E-state index contributed by atoms with van der Waals surface area (Å²) in [6.07, 6.45) is 3.55. The van der Waals surface area contributed by atoms with Crippen molar-refractivity contribution in [3.05, 3.63) is 77.6 Å². The average Bonchev–Trinajstić information content (AvgIpc) is 3.38. The number of fused-ring (bicyclic) bond motifs is 1. The van der Waals surface area contributed by atoms with Crippen LogP contribution in [0.3, 0.4) is 0 Å². The number of ether oxygens (including phenoxy) is 2. The van der Waals surface area contributed by atoms with Crippen molar-refractivity contribution in [3.63, 3.8) is 0 Å². The highest BCUT2D eigenvalue weighted by atomic mass is 16.6. The normalized spacial score (nSPS) is 23.8. The minimum absolute atomic E-state index is 0.152. The highest BCUT2D eigenvalue weighted by Gasteiger charge is 2.48. The minimum Gasteiger partial charge on any atom is -0.369 e. The van der Waals surface area contributed by atoms with Crippen LogP contribution in [0.5, 0.6) is 0 Å². The Balaban J connectivity index is 1.20. The van der Waals surface area contributed by atoms with Gasteiger partial charge >= 0.3 is 0 Å². The number of aromatic nitrogens is 3. The molecule has 6 heteroatoms. The number of epoxide rings is 1. The summed E-state index contributed by atoms with van der Waals surface area (Å²) in [5.41, 5.74) is 4.33. The van der Waals surface area contributed by atoms with E-state index in [1.165, 1.54) is 5.56 Å². The van der Waals surface area contributed by atoms with E-state index >= 15 is 0 Å². The number of benzene rings is 2. The van der Waals surface area contributed by atoms with Crippen molar-refractivity contribution < 1.29 is 9.47 Å². The lowest BCUT2D eigenvalue weighted by Gasteiger charge is -2.20.